The second kappa shape index (κ2) is 5.88. The van der Waals surface area contributed by atoms with Crippen LogP contribution in [0, 0.1) is 5.82 Å². The molecule has 1 aromatic rings. The van der Waals surface area contributed by atoms with Crippen LogP contribution in [-0.4, -0.2) is 30.1 Å². The molecule has 0 aliphatic rings. The summed E-state index contributed by atoms with van der Waals surface area (Å²) < 4.78 is 36.5. The number of aliphatic hydroxyl groups excluding tert-OH is 1. The van der Waals surface area contributed by atoms with Crippen molar-refractivity contribution in [3.8, 4) is 0 Å². The average Bonchev–Trinajstić information content (AvgIpc) is 2.25. The van der Waals surface area contributed by atoms with Crippen molar-refractivity contribution >= 4 is 17.5 Å². The van der Waals surface area contributed by atoms with Gasteiger partial charge in [0, 0.05) is 6.54 Å². The third-order valence-corrected chi connectivity index (χ3v) is 2.25. The van der Waals surface area contributed by atoms with Crippen molar-refractivity contribution in [2.45, 2.75) is 12.5 Å². The average molecular weight is 268 g/mol. The van der Waals surface area contributed by atoms with E-state index in [0.29, 0.717) is 0 Å². The summed E-state index contributed by atoms with van der Waals surface area (Å²) >= 11 is 5.59. The van der Waals surface area contributed by atoms with E-state index in [0.717, 1.165) is 18.2 Å². The quantitative estimate of drug-likeness (QED) is 0.874. The molecule has 3 nitrogen and oxygen atoms in total. The van der Waals surface area contributed by atoms with Crippen LogP contribution in [0.1, 0.15) is 10.4 Å². The smallest absolute Gasteiger partial charge is 0.265 e. The summed E-state index contributed by atoms with van der Waals surface area (Å²) in [6, 6.07) is 3.08. The highest BCUT2D eigenvalue weighted by atomic mass is 35.5. The van der Waals surface area contributed by atoms with Crippen molar-refractivity contribution in [1.82, 2.24) is 5.32 Å². The summed E-state index contributed by atoms with van der Waals surface area (Å²) in [5.41, 5.74) is -0.0467. The number of benzene rings is 1. The van der Waals surface area contributed by atoms with Crippen LogP contribution >= 0.6 is 11.6 Å². The SMILES string of the molecule is O=C(NCC(O)C(F)F)c1ccc(F)cc1Cl. The molecule has 1 unspecified atom stereocenters. The van der Waals surface area contributed by atoms with Crippen molar-refractivity contribution < 1.29 is 23.1 Å². The Morgan fingerprint density at radius 2 is 2.12 bits per heavy atom. The topological polar surface area (TPSA) is 49.3 Å². The lowest BCUT2D eigenvalue weighted by molar-refractivity contribution is -0.00270. The molecule has 0 radical (unpaired) electrons. The second-order valence-electron chi connectivity index (χ2n) is 3.24. The molecule has 0 aliphatic carbocycles. The fraction of sp³-hybridized carbons (Fsp3) is 0.300. The molecule has 94 valence electrons. The van der Waals surface area contributed by atoms with Gasteiger partial charge in [0.25, 0.3) is 12.3 Å². The highest BCUT2D eigenvalue weighted by Crippen LogP contribution is 2.17. The molecule has 7 heteroatoms. The zero-order chi connectivity index (χ0) is 13.0. The van der Waals surface area contributed by atoms with Crippen molar-refractivity contribution in [2.75, 3.05) is 6.54 Å². The van der Waals surface area contributed by atoms with Gasteiger partial charge in [-0.2, -0.15) is 0 Å². The number of halogens is 4. The molecule has 0 fully saturated rings. The molecule has 1 aromatic carbocycles. The lowest BCUT2D eigenvalue weighted by atomic mass is 10.2. The Hall–Kier alpha value is -1.27. The van der Waals surface area contributed by atoms with Gasteiger partial charge in [-0.15, -0.1) is 0 Å². The number of amides is 1. The summed E-state index contributed by atoms with van der Waals surface area (Å²) in [7, 11) is 0. The summed E-state index contributed by atoms with van der Waals surface area (Å²) in [6.45, 7) is -0.607. The molecule has 0 bridgehead atoms. The van der Waals surface area contributed by atoms with Gasteiger partial charge in [0.05, 0.1) is 10.6 Å². The van der Waals surface area contributed by atoms with Gasteiger partial charge in [-0.25, -0.2) is 13.2 Å². The second-order valence-corrected chi connectivity index (χ2v) is 3.64. The van der Waals surface area contributed by atoms with Crippen LogP contribution < -0.4 is 5.32 Å². The van der Waals surface area contributed by atoms with Crippen molar-refractivity contribution in [3.05, 3.63) is 34.6 Å². The van der Waals surface area contributed by atoms with E-state index in [4.69, 9.17) is 16.7 Å². The molecular formula is C10H9ClF3NO2. The van der Waals surface area contributed by atoms with Crippen LogP contribution in [0.25, 0.3) is 0 Å². The maximum Gasteiger partial charge on any atom is 0.265 e. The Morgan fingerprint density at radius 1 is 1.47 bits per heavy atom. The summed E-state index contributed by atoms with van der Waals surface area (Å²) in [5, 5.41) is 10.7. The molecular weight excluding hydrogens is 259 g/mol. The predicted molar refractivity (Wildman–Crippen MR) is 55.8 cm³/mol. The van der Waals surface area contributed by atoms with E-state index in [1.165, 1.54) is 0 Å². The molecule has 2 N–H and O–H groups in total. The number of alkyl halides is 2. The lowest BCUT2D eigenvalue weighted by Gasteiger charge is -2.11. The molecule has 1 rings (SSSR count). The largest absolute Gasteiger partial charge is 0.385 e. The zero-order valence-corrected chi connectivity index (χ0v) is 9.22. The van der Waals surface area contributed by atoms with E-state index in [9.17, 15) is 18.0 Å². The summed E-state index contributed by atoms with van der Waals surface area (Å²) in [4.78, 5) is 11.4. The van der Waals surface area contributed by atoms with Crippen molar-refractivity contribution in [2.24, 2.45) is 0 Å². The molecule has 0 spiro atoms. The van der Waals surface area contributed by atoms with Gasteiger partial charge in [0.15, 0.2) is 0 Å². The molecule has 0 heterocycles. The van der Waals surface area contributed by atoms with Crippen LogP contribution in [0.3, 0.4) is 0 Å². The number of rotatable bonds is 4. The van der Waals surface area contributed by atoms with Gasteiger partial charge >= 0.3 is 0 Å². The molecule has 17 heavy (non-hydrogen) atoms. The fourth-order valence-electron chi connectivity index (χ4n) is 1.06. The molecule has 1 atom stereocenters. The first-order valence-electron chi connectivity index (χ1n) is 4.61. The third-order valence-electron chi connectivity index (χ3n) is 1.94. The van der Waals surface area contributed by atoms with Gasteiger partial charge in [-0.05, 0) is 18.2 Å². The van der Waals surface area contributed by atoms with Crippen LogP contribution in [0.4, 0.5) is 13.2 Å². The minimum Gasteiger partial charge on any atom is -0.385 e. The number of aliphatic hydroxyl groups is 1. The van der Waals surface area contributed by atoms with Crippen LogP contribution in [0.15, 0.2) is 18.2 Å². The number of hydrogen-bond donors (Lipinski definition) is 2. The van der Waals surface area contributed by atoms with E-state index < -0.39 is 30.8 Å². The van der Waals surface area contributed by atoms with Gasteiger partial charge < -0.3 is 10.4 Å². The number of hydrogen-bond acceptors (Lipinski definition) is 2. The van der Waals surface area contributed by atoms with E-state index in [1.807, 2.05) is 0 Å². The van der Waals surface area contributed by atoms with Crippen molar-refractivity contribution in [1.29, 1.82) is 0 Å². The minimum absolute atomic E-state index is 0.0467. The van der Waals surface area contributed by atoms with Gasteiger partial charge in [-0.3, -0.25) is 4.79 Å². The van der Waals surface area contributed by atoms with Gasteiger partial charge in [0.1, 0.15) is 11.9 Å². The highest BCUT2D eigenvalue weighted by molar-refractivity contribution is 6.33. The first-order valence-corrected chi connectivity index (χ1v) is 4.99. The van der Waals surface area contributed by atoms with Crippen molar-refractivity contribution in [3.63, 3.8) is 0 Å². The van der Waals surface area contributed by atoms with E-state index in [2.05, 4.69) is 5.32 Å². The molecule has 0 aliphatic heterocycles. The fourth-order valence-corrected chi connectivity index (χ4v) is 1.31. The van der Waals surface area contributed by atoms with E-state index in [1.54, 1.807) is 0 Å². The third kappa shape index (κ3) is 3.90. The Kier molecular flexibility index (Phi) is 4.77. The molecule has 0 saturated carbocycles. The normalized spacial score (nSPS) is 12.6. The predicted octanol–water partition coefficient (Wildman–Crippen LogP) is 1.83. The Morgan fingerprint density at radius 3 is 2.65 bits per heavy atom. The van der Waals surface area contributed by atoms with Gasteiger partial charge in [0.2, 0.25) is 0 Å². The number of carbonyl (C=O) groups excluding carboxylic acids is 1. The summed E-state index contributed by atoms with van der Waals surface area (Å²) in [6.07, 6.45) is -4.89. The zero-order valence-electron chi connectivity index (χ0n) is 8.46. The van der Waals surface area contributed by atoms with Crippen LogP contribution in [-0.2, 0) is 0 Å². The number of carbonyl (C=O) groups is 1. The Labute approximate surface area is 100 Å². The minimum atomic E-state index is -2.95. The Balaban J connectivity index is 2.64. The standard InChI is InChI=1S/C10H9ClF3NO2/c11-7-3-5(12)1-2-6(7)10(17)15-4-8(16)9(13)14/h1-3,8-9,16H,4H2,(H,15,17). The molecule has 1 amide bonds. The van der Waals surface area contributed by atoms with E-state index >= 15 is 0 Å². The summed E-state index contributed by atoms with van der Waals surface area (Å²) in [5.74, 6) is -1.37. The van der Waals surface area contributed by atoms with E-state index in [-0.39, 0.29) is 10.6 Å². The molecule has 0 saturated heterocycles. The first kappa shape index (κ1) is 13.8. The monoisotopic (exact) mass is 267 g/mol. The maximum atomic E-state index is 12.7. The van der Waals surface area contributed by atoms with Gasteiger partial charge in [-0.1, -0.05) is 11.6 Å². The molecule has 0 aromatic heterocycles. The Bertz CT molecular complexity index is 415. The number of nitrogens with one attached hydrogen (secondary N) is 1. The van der Waals surface area contributed by atoms with Crippen LogP contribution in [0.5, 0.6) is 0 Å². The highest BCUT2D eigenvalue weighted by Gasteiger charge is 2.18. The maximum absolute atomic E-state index is 12.7. The first-order chi connectivity index (χ1) is 7.91. The lowest BCUT2D eigenvalue weighted by Crippen LogP contribution is -2.35. The van der Waals surface area contributed by atoms with Crippen LogP contribution in [0.2, 0.25) is 5.02 Å².